The molecule has 0 radical (unpaired) electrons. The van der Waals surface area contributed by atoms with Gasteiger partial charge < -0.3 is 14.6 Å². The molecule has 2 aliphatic heterocycles. The first-order chi connectivity index (χ1) is 7.67. The Morgan fingerprint density at radius 2 is 2.00 bits per heavy atom. The third kappa shape index (κ3) is 1.64. The van der Waals surface area contributed by atoms with Crippen LogP contribution in [0.15, 0.2) is 0 Å². The number of fused-ring (bicyclic) bond motifs is 1. The quantitative estimate of drug-likeness (QED) is 0.686. The van der Waals surface area contributed by atoms with Crippen LogP contribution in [0.4, 0.5) is 0 Å². The van der Waals surface area contributed by atoms with Crippen LogP contribution < -0.4 is 0 Å². The van der Waals surface area contributed by atoms with E-state index in [1.54, 1.807) is 0 Å². The third-order valence-electron chi connectivity index (χ3n) is 4.16. The van der Waals surface area contributed by atoms with Gasteiger partial charge in [0, 0.05) is 6.42 Å². The number of rotatable bonds is 1. The summed E-state index contributed by atoms with van der Waals surface area (Å²) in [6.45, 7) is 0. The molecule has 3 atom stereocenters. The maximum absolute atomic E-state index is 11.1. The SMILES string of the molecule is O=C1C[C@]2(O)C[C@@H](C3CCCCC3)O[C@@H]2O1. The highest BCUT2D eigenvalue weighted by Gasteiger charge is 2.57. The summed E-state index contributed by atoms with van der Waals surface area (Å²) in [6, 6.07) is 0. The van der Waals surface area contributed by atoms with Gasteiger partial charge in [0.25, 0.3) is 0 Å². The fourth-order valence-electron chi connectivity index (χ4n) is 3.27. The van der Waals surface area contributed by atoms with Crippen LogP contribution in [-0.4, -0.2) is 29.1 Å². The summed E-state index contributed by atoms with van der Waals surface area (Å²) in [5.41, 5.74) is -1.04. The van der Waals surface area contributed by atoms with E-state index in [1.807, 2.05) is 0 Å². The molecule has 3 fully saturated rings. The number of carbonyl (C=O) groups excluding carboxylic acids is 1. The Morgan fingerprint density at radius 1 is 1.25 bits per heavy atom. The van der Waals surface area contributed by atoms with Gasteiger partial charge in [-0.2, -0.15) is 0 Å². The Balaban J connectivity index is 1.67. The van der Waals surface area contributed by atoms with Gasteiger partial charge >= 0.3 is 5.97 Å². The van der Waals surface area contributed by atoms with Crippen LogP contribution in [0.25, 0.3) is 0 Å². The molecule has 3 rings (SSSR count). The monoisotopic (exact) mass is 226 g/mol. The van der Waals surface area contributed by atoms with Crippen molar-refractivity contribution in [1.82, 2.24) is 0 Å². The lowest BCUT2D eigenvalue weighted by Crippen LogP contribution is -2.33. The lowest BCUT2D eigenvalue weighted by molar-refractivity contribution is -0.178. The average molecular weight is 226 g/mol. The van der Waals surface area contributed by atoms with Crippen molar-refractivity contribution in [1.29, 1.82) is 0 Å². The Hall–Kier alpha value is -0.610. The Bertz CT molecular complexity index is 297. The van der Waals surface area contributed by atoms with Gasteiger partial charge in [-0.05, 0) is 18.8 Å². The van der Waals surface area contributed by atoms with Crippen molar-refractivity contribution in [2.45, 2.75) is 62.9 Å². The molecule has 0 aromatic rings. The molecular weight excluding hydrogens is 208 g/mol. The molecule has 3 aliphatic rings. The number of ether oxygens (including phenoxy) is 2. The van der Waals surface area contributed by atoms with Crippen LogP contribution in [0.1, 0.15) is 44.9 Å². The largest absolute Gasteiger partial charge is 0.432 e. The first-order valence-corrected chi connectivity index (χ1v) is 6.25. The second-order valence-electron chi connectivity index (χ2n) is 5.38. The maximum Gasteiger partial charge on any atom is 0.311 e. The fourth-order valence-corrected chi connectivity index (χ4v) is 3.27. The molecule has 2 saturated heterocycles. The number of aliphatic hydroxyl groups is 1. The van der Waals surface area contributed by atoms with Gasteiger partial charge in [-0.15, -0.1) is 0 Å². The van der Waals surface area contributed by atoms with Crippen LogP contribution in [0.2, 0.25) is 0 Å². The normalized spacial score (nSPS) is 44.4. The molecule has 2 heterocycles. The van der Waals surface area contributed by atoms with E-state index in [0.29, 0.717) is 12.3 Å². The Morgan fingerprint density at radius 3 is 2.69 bits per heavy atom. The zero-order chi connectivity index (χ0) is 11.2. The highest BCUT2D eigenvalue weighted by atomic mass is 16.7. The van der Waals surface area contributed by atoms with E-state index < -0.39 is 11.9 Å². The van der Waals surface area contributed by atoms with Crippen molar-refractivity contribution < 1.29 is 19.4 Å². The molecule has 0 aromatic carbocycles. The molecule has 16 heavy (non-hydrogen) atoms. The van der Waals surface area contributed by atoms with Crippen LogP contribution in [0.3, 0.4) is 0 Å². The van der Waals surface area contributed by atoms with Gasteiger partial charge in [0.15, 0.2) is 0 Å². The van der Waals surface area contributed by atoms with Crippen molar-refractivity contribution in [3.63, 3.8) is 0 Å². The number of hydrogen-bond acceptors (Lipinski definition) is 4. The van der Waals surface area contributed by atoms with Crippen LogP contribution in [0.5, 0.6) is 0 Å². The van der Waals surface area contributed by atoms with Gasteiger partial charge in [0.1, 0.15) is 5.60 Å². The zero-order valence-corrected chi connectivity index (χ0v) is 9.35. The summed E-state index contributed by atoms with van der Waals surface area (Å²) in [7, 11) is 0. The first-order valence-electron chi connectivity index (χ1n) is 6.25. The zero-order valence-electron chi connectivity index (χ0n) is 9.35. The van der Waals surface area contributed by atoms with E-state index >= 15 is 0 Å². The Labute approximate surface area is 94.9 Å². The summed E-state index contributed by atoms with van der Waals surface area (Å²) in [5.74, 6) is 0.205. The van der Waals surface area contributed by atoms with Crippen molar-refractivity contribution in [2.24, 2.45) is 5.92 Å². The molecule has 0 spiro atoms. The van der Waals surface area contributed by atoms with Gasteiger partial charge in [-0.1, -0.05) is 19.3 Å². The van der Waals surface area contributed by atoms with Crippen LogP contribution in [0, 0.1) is 5.92 Å². The van der Waals surface area contributed by atoms with Crippen molar-refractivity contribution in [3.05, 3.63) is 0 Å². The topological polar surface area (TPSA) is 55.8 Å². The third-order valence-corrected chi connectivity index (χ3v) is 4.16. The van der Waals surface area contributed by atoms with E-state index in [4.69, 9.17) is 9.47 Å². The fraction of sp³-hybridized carbons (Fsp3) is 0.917. The smallest absolute Gasteiger partial charge is 0.311 e. The predicted molar refractivity (Wildman–Crippen MR) is 55.5 cm³/mol. The molecular formula is C12H18O4. The Kier molecular flexibility index (Phi) is 2.44. The molecule has 1 N–H and O–H groups in total. The highest BCUT2D eigenvalue weighted by Crippen LogP contribution is 2.44. The van der Waals surface area contributed by atoms with Gasteiger partial charge in [0.2, 0.25) is 6.29 Å². The minimum absolute atomic E-state index is 0.0865. The summed E-state index contributed by atoms with van der Waals surface area (Å²) in [6.07, 6.45) is 6.24. The average Bonchev–Trinajstić information content (AvgIpc) is 2.70. The molecule has 90 valence electrons. The summed E-state index contributed by atoms with van der Waals surface area (Å²) >= 11 is 0. The molecule has 1 aliphatic carbocycles. The van der Waals surface area contributed by atoms with Gasteiger partial charge in [-0.25, -0.2) is 0 Å². The van der Waals surface area contributed by atoms with E-state index in [-0.39, 0.29) is 18.5 Å². The molecule has 4 heteroatoms. The van der Waals surface area contributed by atoms with Crippen LogP contribution in [-0.2, 0) is 14.3 Å². The molecule has 1 saturated carbocycles. The van der Waals surface area contributed by atoms with E-state index in [9.17, 15) is 9.90 Å². The highest BCUT2D eigenvalue weighted by molar-refractivity contribution is 5.73. The molecule has 0 bridgehead atoms. The van der Waals surface area contributed by atoms with Crippen molar-refractivity contribution >= 4 is 5.97 Å². The van der Waals surface area contributed by atoms with E-state index in [2.05, 4.69) is 0 Å². The molecule has 0 aromatic heterocycles. The number of hydrogen-bond donors (Lipinski definition) is 1. The maximum atomic E-state index is 11.1. The summed E-state index contributed by atoms with van der Waals surface area (Å²) in [5, 5.41) is 10.2. The number of carbonyl (C=O) groups is 1. The molecule has 0 amide bonds. The van der Waals surface area contributed by atoms with E-state index in [0.717, 1.165) is 0 Å². The predicted octanol–water partition coefficient (Wildman–Crippen LogP) is 1.36. The summed E-state index contributed by atoms with van der Waals surface area (Å²) in [4.78, 5) is 11.1. The standard InChI is InChI=1S/C12H18O4/c13-10-7-12(14)6-9(15-11(12)16-10)8-4-2-1-3-5-8/h8-9,11,14H,1-7H2/t9-,11+,12+/m0/s1. The molecule has 4 nitrogen and oxygen atoms in total. The lowest BCUT2D eigenvalue weighted by Gasteiger charge is -2.27. The van der Waals surface area contributed by atoms with Gasteiger partial charge in [-0.3, -0.25) is 4.79 Å². The van der Waals surface area contributed by atoms with Crippen molar-refractivity contribution in [2.75, 3.05) is 0 Å². The van der Waals surface area contributed by atoms with Gasteiger partial charge in [0.05, 0.1) is 12.5 Å². The second kappa shape index (κ2) is 3.70. The lowest BCUT2D eigenvalue weighted by atomic mass is 9.82. The first kappa shape index (κ1) is 10.5. The van der Waals surface area contributed by atoms with Crippen molar-refractivity contribution in [3.8, 4) is 0 Å². The van der Waals surface area contributed by atoms with E-state index in [1.165, 1.54) is 32.1 Å². The number of esters is 1. The van der Waals surface area contributed by atoms with Crippen LogP contribution >= 0.6 is 0 Å². The second-order valence-corrected chi connectivity index (χ2v) is 5.38. The summed E-state index contributed by atoms with van der Waals surface area (Å²) < 4.78 is 10.7. The minimum Gasteiger partial charge on any atom is -0.432 e. The molecule has 0 unspecified atom stereocenters. The minimum atomic E-state index is -1.04.